The zero-order chi connectivity index (χ0) is 26.6. The summed E-state index contributed by atoms with van der Waals surface area (Å²) in [4.78, 5) is 4.57. The first-order valence-corrected chi connectivity index (χ1v) is 15.7. The van der Waals surface area contributed by atoms with Gasteiger partial charge in [0, 0.05) is 40.7 Å². The van der Waals surface area contributed by atoms with E-state index in [4.69, 9.17) is 15.8 Å². The topological polar surface area (TPSA) is 76.3 Å². The van der Waals surface area contributed by atoms with Gasteiger partial charge in [0.05, 0.1) is 27.2 Å². The molecule has 0 aliphatic heterocycles. The molecule has 188 valence electrons. The van der Waals surface area contributed by atoms with Crippen molar-refractivity contribution in [3.05, 3.63) is 57.3 Å². The Morgan fingerprint density at radius 2 is 1.29 bits per heavy atom. The number of unbranched alkanes of at least 4 members (excludes halogenated alkanes) is 3. The zero-order valence-corrected chi connectivity index (χ0v) is 24.3. The Labute approximate surface area is 238 Å². The summed E-state index contributed by atoms with van der Waals surface area (Å²) in [5.74, 6) is 0. The monoisotopic (exact) mass is 568 g/mol. The molecule has 0 unspecified atom stereocenters. The van der Waals surface area contributed by atoms with Gasteiger partial charge in [-0.2, -0.15) is 15.8 Å². The Morgan fingerprint density at radius 3 is 1.79 bits per heavy atom. The number of nitriles is 3. The van der Waals surface area contributed by atoms with Crippen LogP contribution in [0.15, 0.2) is 47.5 Å². The molecule has 0 radical (unpaired) electrons. The van der Waals surface area contributed by atoms with Gasteiger partial charge in [-0.3, -0.25) is 0 Å². The summed E-state index contributed by atoms with van der Waals surface area (Å²) in [5.41, 5.74) is 3.34. The first kappa shape index (κ1) is 26.2. The number of nitrogens with zero attached hydrogens (tertiary/aromatic N) is 4. The van der Waals surface area contributed by atoms with Gasteiger partial charge in [0.2, 0.25) is 0 Å². The SMILES string of the molecule is CCCCCCn1c(-c2cc3sc(C=C(C#N)C#N)cc3s2)ccc1-c1cc2sc(/C=C(/C)C#N)cc2s1. The van der Waals surface area contributed by atoms with Crippen LogP contribution in [0.5, 0.6) is 0 Å². The van der Waals surface area contributed by atoms with Gasteiger partial charge in [0.15, 0.2) is 0 Å². The van der Waals surface area contributed by atoms with Crippen molar-refractivity contribution in [1.29, 1.82) is 15.8 Å². The van der Waals surface area contributed by atoms with Crippen LogP contribution in [0, 0.1) is 34.0 Å². The van der Waals surface area contributed by atoms with Crippen LogP contribution in [0.1, 0.15) is 49.3 Å². The first-order chi connectivity index (χ1) is 18.5. The summed E-state index contributed by atoms with van der Waals surface area (Å²) >= 11 is 6.93. The van der Waals surface area contributed by atoms with E-state index in [0.29, 0.717) is 0 Å². The standard InChI is InChI=1S/C30H24N4S4/c1-3-4-5-6-9-34-23(25-14-29-27(37-25)12-21(35-29)10-19(2)16-31)7-8-24(34)26-15-30-28(38-26)13-22(36-30)11-20(17-32)18-33/h7-8,10-15H,3-6,9H2,1-2H3/b19-10-. The summed E-state index contributed by atoms with van der Waals surface area (Å²) in [7, 11) is 0. The number of fused-ring (bicyclic) bond motifs is 2. The van der Waals surface area contributed by atoms with Gasteiger partial charge in [-0.1, -0.05) is 26.2 Å². The summed E-state index contributed by atoms with van der Waals surface area (Å²) < 4.78 is 7.35. The van der Waals surface area contributed by atoms with E-state index in [1.807, 2.05) is 36.5 Å². The highest BCUT2D eigenvalue weighted by atomic mass is 32.1. The van der Waals surface area contributed by atoms with Crippen LogP contribution in [-0.4, -0.2) is 4.57 Å². The average Bonchev–Trinajstić information content (AvgIpc) is 3.70. The van der Waals surface area contributed by atoms with Crippen LogP contribution in [-0.2, 0) is 6.54 Å². The van der Waals surface area contributed by atoms with E-state index < -0.39 is 0 Å². The van der Waals surface area contributed by atoms with Gasteiger partial charge in [-0.25, -0.2) is 0 Å². The minimum atomic E-state index is 0.129. The van der Waals surface area contributed by atoms with Gasteiger partial charge < -0.3 is 4.57 Å². The molecule has 0 amide bonds. The number of aromatic nitrogens is 1. The summed E-state index contributed by atoms with van der Waals surface area (Å²) in [6.45, 7) is 5.06. The predicted molar refractivity (Wildman–Crippen MR) is 164 cm³/mol. The molecule has 0 fully saturated rings. The van der Waals surface area contributed by atoms with Crippen LogP contribution in [0.3, 0.4) is 0 Å². The van der Waals surface area contributed by atoms with Gasteiger partial charge in [0.25, 0.3) is 0 Å². The van der Waals surface area contributed by atoms with Crippen LogP contribution >= 0.6 is 45.3 Å². The second-order valence-electron chi connectivity index (χ2n) is 9.01. The fraction of sp³-hybridized carbons (Fsp3) is 0.233. The van der Waals surface area contributed by atoms with Crippen molar-refractivity contribution in [2.75, 3.05) is 0 Å². The molecular formula is C30H24N4S4. The Bertz CT molecular complexity index is 1730. The van der Waals surface area contributed by atoms with Crippen LogP contribution in [0.2, 0.25) is 0 Å². The van der Waals surface area contributed by atoms with E-state index in [1.165, 1.54) is 59.2 Å². The number of hydrogen-bond acceptors (Lipinski definition) is 7. The maximum atomic E-state index is 9.11. The fourth-order valence-corrected chi connectivity index (χ4v) is 9.25. The third kappa shape index (κ3) is 5.39. The Balaban J connectivity index is 1.50. The van der Waals surface area contributed by atoms with Crippen molar-refractivity contribution in [2.24, 2.45) is 0 Å². The second kappa shape index (κ2) is 11.5. The maximum absolute atomic E-state index is 9.11. The van der Waals surface area contributed by atoms with Crippen LogP contribution < -0.4 is 0 Å². The molecule has 0 saturated carbocycles. The Morgan fingerprint density at radius 1 is 0.737 bits per heavy atom. The lowest BCUT2D eigenvalue weighted by atomic mass is 10.2. The minimum Gasteiger partial charge on any atom is -0.339 e. The highest BCUT2D eigenvalue weighted by Gasteiger charge is 2.17. The molecule has 0 aliphatic carbocycles. The Hall–Kier alpha value is -3.45. The quantitative estimate of drug-likeness (QED) is 0.131. The normalized spacial score (nSPS) is 11.5. The molecule has 5 heterocycles. The van der Waals surface area contributed by atoms with Crippen LogP contribution in [0.25, 0.3) is 52.1 Å². The molecule has 38 heavy (non-hydrogen) atoms. The van der Waals surface area contributed by atoms with Crippen molar-refractivity contribution in [3.63, 3.8) is 0 Å². The number of hydrogen-bond donors (Lipinski definition) is 0. The molecule has 4 nitrogen and oxygen atoms in total. The molecule has 0 N–H and O–H groups in total. The first-order valence-electron chi connectivity index (χ1n) is 12.4. The van der Waals surface area contributed by atoms with Crippen molar-refractivity contribution in [3.8, 4) is 39.3 Å². The van der Waals surface area contributed by atoms with Gasteiger partial charge in [-0.15, -0.1) is 45.3 Å². The van der Waals surface area contributed by atoms with E-state index >= 15 is 0 Å². The van der Waals surface area contributed by atoms with Crippen molar-refractivity contribution < 1.29 is 0 Å². The largest absolute Gasteiger partial charge is 0.339 e. The lowest BCUT2D eigenvalue weighted by Crippen LogP contribution is -2.01. The highest BCUT2D eigenvalue weighted by molar-refractivity contribution is 7.30. The highest BCUT2D eigenvalue weighted by Crippen LogP contribution is 2.43. The predicted octanol–water partition coefficient (Wildman–Crippen LogP) is 10.3. The molecule has 8 heteroatoms. The van der Waals surface area contributed by atoms with Crippen molar-refractivity contribution >= 4 is 76.3 Å². The van der Waals surface area contributed by atoms with E-state index in [0.717, 1.165) is 28.3 Å². The van der Waals surface area contributed by atoms with Gasteiger partial charge >= 0.3 is 0 Å². The van der Waals surface area contributed by atoms with Crippen molar-refractivity contribution in [2.45, 2.75) is 46.1 Å². The molecule has 0 bridgehead atoms. The molecule has 0 aliphatic rings. The molecule has 5 aromatic heterocycles. The third-order valence-corrected chi connectivity index (χ3v) is 10.8. The number of rotatable bonds is 9. The lowest BCUT2D eigenvalue weighted by Gasteiger charge is -2.12. The number of thiophene rings is 4. The Kier molecular flexibility index (Phi) is 7.93. The molecule has 5 aromatic rings. The molecule has 0 atom stereocenters. The summed E-state index contributed by atoms with van der Waals surface area (Å²) in [6.07, 6.45) is 8.44. The van der Waals surface area contributed by atoms with Gasteiger partial charge in [0.1, 0.15) is 17.7 Å². The van der Waals surface area contributed by atoms with E-state index in [1.54, 1.807) is 40.1 Å². The summed E-state index contributed by atoms with van der Waals surface area (Å²) in [5, 5.41) is 27.3. The third-order valence-electron chi connectivity index (χ3n) is 6.24. The molecule has 0 spiro atoms. The molecule has 0 saturated heterocycles. The zero-order valence-electron chi connectivity index (χ0n) is 21.1. The van der Waals surface area contributed by atoms with Crippen molar-refractivity contribution in [1.82, 2.24) is 4.57 Å². The van der Waals surface area contributed by atoms with E-state index in [2.05, 4.69) is 54.0 Å². The van der Waals surface area contributed by atoms with E-state index in [-0.39, 0.29) is 5.57 Å². The molecule has 5 rings (SSSR count). The lowest BCUT2D eigenvalue weighted by molar-refractivity contribution is 0.591. The fourth-order valence-electron chi connectivity index (χ4n) is 4.42. The maximum Gasteiger partial charge on any atom is 0.131 e. The molecular weight excluding hydrogens is 545 g/mol. The van der Waals surface area contributed by atoms with Gasteiger partial charge in [-0.05, 0) is 61.9 Å². The second-order valence-corrected chi connectivity index (χ2v) is 13.4. The molecule has 0 aromatic carbocycles. The van der Waals surface area contributed by atoms with E-state index in [9.17, 15) is 0 Å². The number of allylic oxidation sites excluding steroid dienone is 2. The smallest absolute Gasteiger partial charge is 0.131 e. The van der Waals surface area contributed by atoms with Crippen LogP contribution in [0.4, 0.5) is 0 Å². The average molecular weight is 569 g/mol. The minimum absolute atomic E-state index is 0.129. The summed E-state index contributed by atoms with van der Waals surface area (Å²) in [6, 6.07) is 19.4.